The molecule has 1 aromatic heterocycles. The van der Waals surface area contributed by atoms with Crippen molar-refractivity contribution in [3.8, 4) is 0 Å². The van der Waals surface area contributed by atoms with E-state index in [1.807, 2.05) is 17.8 Å². The third-order valence-electron chi connectivity index (χ3n) is 3.65. The van der Waals surface area contributed by atoms with Crippen LogP contribution in [-0.2, 0) is 6.54 Å². The number of guanidine groups is 1. The normalized spacial score (nSPS) is 16.3. The topological polar surface area (TPSA) is 56.9 Å². The molecule has 1 aromatic rings. The van der Waals surface area contributed by atoms with Crippen LogP contribution in [0.5, 0.6) is 0 Å². The second kappa shape index (κ2) is 12.0. The van der Waals surface area contributed by atoms with Crippen molar-refractivity contribution in [2.24, 2.45) is 4.99 Å². The summed E-state index contributed by atoms with van der Waals surface area (Å²) in [6.07, 6.45) is 4.92. The van der Waals surface area contributed by atoms with E-state index >= 15 is 0 Å². The van der Waals surface area contributed by atoms with Gasteiger partial charge < -0.3 is 14.7 Å². The van der Waals surface area contributed by atoms with Gasteiger partial charge in [0, 0.05) is 51.9 Å². The number of halogens is 1. The average Bonchev–Trinajstić information content (AvgIpc) is 3.04. The largest absolute Gasteiger partial charge is 0.364 e. The van der Waals surface area contributed by atoms with E-state index in [2.05, 4.69) is 33.5 Å². The molecule has 2 heterocycles. The van der Waals surface area contributed by atoms with Gasteiger partial charge in [0.05, 0.1) is 5.69 Å². The summed E-state index contributed by atoms with van der Waals surface area (Å²) in [6.45, 7) is 8.88. The van der Waals surface area contributed by atoms with Gasteiger partial charge in [-0.3, -0.25) is 9.89 Å². The first-order valence-corrected chi connectivity index (χ1v) is 9.36. The molecule has 0 radical (unpaired) electrons. The lowest BCUT2D eigenvalue weighted by molar-refractivity contribution is 0.169. The summed E-state index contributed by atoms with van der Waals surface area (Å²) in [5, 5.41) is 7.40. The van der Waals surface area contributed by atoms with Crippen LogP contribution in [0, 0.1) is 0 Å². The Morgan fingerprint density at radius 3 is 2.78 bits per heavy atom. The van der Waals surface area contributed by atoms with Gasteiger partial charge in [0.15, 0.2) is 5.96 Å². The van der Waals surface area contributed by atoms with E-state index in [1.165, 1.54) is 5.75 Å². The molecule has 0 spiro atoms. The maximum atomic E-state index is 4.89. The van der Waals surface area contributed by atoms with Crippen LogP contribution in [0.4, 0.5) is 0 Å². The molecular weight excluding hydrogens is 425 g/mol. The van der Waals surface area contributed by atoms with Gasteiger partial charge in [-0.25, -0.2) is 0 Å². The van der Waals surface area contributed by atoms with Crippen LogP contribution in [0.2, 0.25) is 0 Å². The van der Waals surface area contributed by atoms with E-state index in [4.69, 9.17) is 9.52 Å². The Morgan fingerprint density at radius 1 is 1.39 bits per heavy atom. The van der Waals surface area contributed by atoms with Crippen molar-refractivity contribution in [1.29, 1.82) is 0 Å². The second-order valence-corrected chi connectivity index (χ2v) is 6.32. The number of hydrogen-bond donors (Lipinski definition) is 1. The molecule has 6 nitrogen and oxygen atoms in total. The van der Waals surface area contributed by atoms with Gasteiger partial charge in [-0.15, -0.1) is 24.0 Å². The van der Waals surface area contributed by atoms with Crippen molar-refractivity contribution in [1.82, 2.24) is 20.3 Å². The van der Waals surface area contributed by atoms with Crippen LogP contribution in [-0.4, -0.2) is 72.2 Å². The average molecular weight is 453 g/mol. The number of aliphatic imine (C=N–C) groups is 1. The van der Waals surface area contributed by atoms with Crippen molar-refractivity contribution in [2.45, 2.75) is 19.9 Å². The summed E-state index contributed by atoms with van der Waals surface area (Å²) in [5.41, 5.74) is 1.01. The van der Waals surface area contributed by atoms with Crippen LogP contribution in [0.1, 0.15) is 19.0 Å². The summed E-state index contributed by atoms with van der Waals surface area (Å²) in [7, 11) is 0. The molecule has 1 saturated heterocycles. The maximum absolute atomic E-state index is 4.89. The van der Waals surface area contributed by atoms with Gasteiger partial charge in [0.1, 0.15) is 6.26 Å². The zero-order valence-corrected chi connectivity index (χ0v) is 17.2. The molecule has 1 fully saturated rings. The van der Waals surface area contributed by atoms with Crippen molar-refractivity contribution in [3.63, 3.8) is 0 Å². The standard InChI is InChI=1S/C15H27N5OS.HI/c1-3-16-15(17-6-4-12-22-2)20-9-7-19(8-10-20)13-14-5-11-21-18-14;/h5,11H,3-4,6-10,12-13H2,1-2H3,(H,16,17);1H. The molecule has 1 aliphatic heterocycles. The fourth-order valence-corrected chi connectivity index (χ4v) is 2.90. The molecule has 1 aliphatic rings. The second-order valence-electron chi connectivity index (χ2n) is 5.34. The Balaban J connectivity index is 0.00000264. The molecule has 0 aromatic carbocycles. The van der Waals surface area contributed by atoms with E-state index in [-0.39, 0.29) is 24.0 Å². The van der Waals surface area contributed by atoms with Crippen molar-refractivity contribution >= 4 is 41.7 Å². The van der Waals surface area contributed by atoms with E-state index in [0.29, 0.717) is 0 Å². The monoisotopic (exact) mass is 453 g/mol. The molecule has 23 heavy (non-hydrogen) atoms. The third-order valence-corrected chi connectivity index (χ3v) is 4.35. The van der Waals surface area contributed by atoms with Crippen molar-refractivity contribution in [3.05, 3.63) is 18.0 Å². The lowest BCUT2D eigenvalue weighted by Gasteiger charge is -2.36. The van der Waals surface area contributed by atoms with Crippen molar-refractivity contribution in [2.75, 3.05) is 51.3 Å². The third kappa shape index (κ3) is 7.30. The van der Waals surface area contributed by atoms with Crippen molar-refractivity contribution < 1.29 is 4.52 Å². The highest BCUT2D eigenvalue weighted by atomic mass is 127. The molecule has 132 valence electrons. The zero-order valence-electron chi connectivity index (χ0n) is 14.0. The summed E-state index contributed by atoms with van der Waals surface area (Å²) < 4.78 is 4.89. The first kappa shape index (κ1) is 20.6. The van der Waals surface area contributed by atoms with Gasteiger partial charge in [-0.2, -0.15) is 11.8 Å². The molecule has 0 unspecified atom stereocenters. The summed E-state index contributed by atoms with van der Waals surface area (Å²) in [6, 6.07) is 1.93. The highest BCUT2D eigenvalue weighted by Gasteiger charge is 2.20. The van der Waals surface area contributed by atoms with Gasteiger partial charge in [-0.1, -0.05) is 5.16 Å². The number of nitrogens with zero attached hydrogens (tertiary/aromatic N) is 4. The molecule has 2 rings (SSSR count). The molecule has 1 N–H and O–H groups in total. The number of aromatic nitrogens is 1. The molecule has 0 aliphatic carbocycles. The minimum absolute atomic E-state index is 0. The molecule has 0 atom stereocenters. The molecule has 0 amide bonds. The predicted molar refractivity (Wildman–Crippen MR) is 108 cm³/mol. The number of thioether (sulfide) groups is 1. The number of piperazine rings is 1. The van der Waals surface area contributed by atoms with Gasteiger partial charge in [0.25, 0.3) is 0 Å². The van der Waals surface area contributed by atoms with Gasteiger partial charge >= 0.3 is 0 Å². The van der Waals surface area contributed by atoms with Crippen LogP contribution in [0.3, 0.4) is 0 Å². The Kier molecular flexibility index (Phi) is 10.7. The maximum Gasteiger partial charge on any atom is 0.194 e. The van der Waals surface area contributed by atoms with E-state index in [9.17, 15) is 0 Å². The molecular formula is C15H28IN5OS. The Hall–Kier alpha value is -0.480. The van der Waals surface area contributed by atoms with Crippen LogP contribution < -0.4 is 5.32 Å². The Morgan fingerprint density at radius 2 is 2.17 bits per heavy atom. The smallest absolute Gasteiger partial charge is 0.194 e. The summed E-state index contributed by atoms with van der Waals surface area (Å²) in [5.74, 6) is 2.23. The lowest BCUT2D eigenvalue weighted by Crippen LogP contribution is -2.52. The highest BCUT2D eigenvalue weighted by molar-refractivity contribution is 14.0. The molecule has 0 saturated carbocycles. The Bertz CT molecular complexity index is 435. The minimum atomic E-state index is 0. The molecule has 8 heteroatoms. The highest BCUT2D eigenvalue weighted by Crippen LogP contribution is 2.07. The van der Waals surface area contributed by atoms with Gasteiger partial charge in [0.2, 0.25) is 0 Å². The predicted octanol–water partition coefficient (Wildman–Crippen LogP) is 2.13. The number of hydrogen-bond acceptors (Lipinski definition) is 5. The fourth-order valence-electron chi connectivity index (χ4n) is 2.49. The van der Waals surface area contributed by atoms with E-state index < -0.39 is 0 Å². The van der Waals surface area contributed by atoms with Crippen LogP contribution in [0.25, 0.3) is 0 Å². The Labute approximate surface area is 160 Å². The molecule has 0 bridgehead atoms. The first-order valence-electron chi connectivity index (χ1n) is 7.97. The number of nitrogens with one attached hydrogen (secondary N) is 1. The van der Waals surface area contributed by atoms with Crippen LogP contribution in [0.15, 0.2) is 21.8 Å². The van der Waals surface area contributed by atoms with E-state index in [0.717, 1.165) is 63.9 Å². The quantitative estimate of drug-likeness (QED) is 0.296. The summed E-state index contributed by atoms with van der Waals surface area (Å²) in [4.78, 5) is 9.52. The fraction of sp³-hybridized carbons (Fsp3) is 0.733. The lowest BCUT2D eigenvalue weighted by atomic mass is 10.3. The van der Waals surface area contributed by atoms with E-state index in [1.54, 1.807) is 6.26 Å². The SMILES string of the molecule is CCNC(=NCCCSC)N1CCN(Cc2ccon2)CC1.I. The first-order chi connectivity index (χ1) is 10.8. The van der Waals surface area contributed by atoms with Gasteiger partial charge in [-0.05, 0) is 25.4 Å². The summed E-state index contributed by atoms with van der Waals surface area (Å²) >= 11 is 1.88. The zero-order chi connectivity index (χ0) is 15.6. The minimum Gasteiger partial charge on any atom is -0.364 e. The number of rotatable bonds is 7. The van der Waals surface area contributed by atoms with Crippen LogP contribution >= 0.6 is 35.7 Å².